The molecule has 1 aromatic carbocycles. The first-order valence-electron chi connectivity index (χ1n) is 7.18. The zero-order chi connectivity index (χ0) is 14.1. The van der Waals surface area contributed by atoms with Crippen LogP contribution >= 0.6 is 23.7 Å². The molecule has 0 bridgehead atoms. The van der Waals surface area contributed by atoms with Gasteiger partial charge in [-0.1, -0.05) is 17.4 Å². The third-order valence-corrected chi connectivity index (χ3v) is 5.30. The molecule has 0 amide bonds. The van der Waals surface area contributed by atoms with Crippen molar-refractivity contribution < 1.29 is 0 Å². The highest BCUT2D eigenvalue weighted by Crippen LogP contribution is 2.21. The lowest BCUT2D eigenvalue weighted by Gasteiger charge is -2.31. The number of aryl methyl sites for hydroxylation is 1. The molecule has 1 fully saturated rings. The first-order valence-corrected chi connectivity index (χ1v) is 8.00. The molecule has 2 aromatic rings. The summed E-state index contributed by atoms with van der Waals surface area (Å²) in [5.41, 5.74) is 8.06. The fourth-order valence-corrected chi connectivity index (χ4v) is 3.86. The zero-order valence-corrected chi connectivity index (χ0v) is 13.9. The predicted octanol–water partition coefficient (Wildman–Crippen LogP) is 2.19. The molecule has 1 saturated heterocycles. The zero-order valence-electron chi connectivity index (χ0n) is 12.2. The average Bonchev–Trinajstić information content (AvgIpc) is 2.74. The first-order chi connectivity index (χ1) is 9.67. The van der Waals surface area contributed by atoms with E-state index in [1.54, 1.807) is 4.57 Å². The molecule has 0 atom stereocenters. The van der Waals surface area contributed by atoms with Crippen molar-refractivity contribution in [2.75, 3.05) is 19.6 Å². The molecule has 2 heterocycles. The fourth-order valence-electron chi connectivity index (χ4n) is 2.92. The Balaban J connectivity index is 0.00000161. The van der Waals surface area contributed by atoms with Crippen molar-refractivity contribution in [1.82, 2.24) is 9.47 Å². The van der Waals surface area contributed by atoms with Crippen molar-refractivity contribution in [2.45, 2.75) is 19.4 Å². The maximum absolute atomic E-state index is 11.7. The Labute approximate surface area is 135 Å². The number of benzene rings is 1. The molecule has 3 rings (SSSR count). The minimum atomic E-state index is 0. The highest BCUT2D eigenvalue weighted by Gasteiger charge is 2.18. The van der Waals surface area contributed by atoms with Crippen LogP contribution in [0.5, 0.6) is 0 Å². The van der Waals surface area contributed by atoms with Gasteiger partial charge in [0.15, 0.2) is 0 Å². The fraction of sp³-hybridized carbons (Fsp3) is 0.533. The molecule has 1 aromatic heterocycles. The number of halogens is 1. The van der Waals surface area contributed by atoms with E-state index in [0.717, 1.165) is 36.4 Å². The molecule has 21 heavy (non-hydrogen) atoms. The van der Waals surface area contributed by atoms with Gasteiger partial charge in [-0.05, 0) is 56.1 Å². The smallest absolute Gasteiger partial charge is 0.307 e. The first kappa shape index (κ1) is 16.5. The third-order valence-electron chi connectivity index (χ3n) is 4.30. The highest BCUT2D eigenvalue weighted by molar-refractivity contribution is 7.16. The van der Waals surface area contributed by atoms with E-state index in [9.17, 15) is 4.79 Å². The van der Waals surface area contributed by atoms with Crippen LogP contribution in [0.4, 0.5) is 0 Å². The van der Waals surface area contributed by atoms with E-state index in [-0.39, 0.29) is 17.3 Å². The van der Waals surface area contributed by atoms with E-state index in [2.05, 4.69) is 23.1 Å². The molecule has 0 unspecified atom stereocenters. The predicted molar refractivity (Wildman–Crippen MR) is 91.4 cm³/mol. The van der Waals surface area contributed by atoms with Crippen LogP contribution in [-0.4, -0.2) is 29.1 Å². The molecule has 0 radical (unpaired) electrons. The molecule has 0 spiro atoms. The van der Waals surface area contributed by atoms with Crippen LogP contribution in [0.15, 0.2) is 23.0 Å². The van der Waals surface area contributed by atoms with E-state index in [0.29, 0.717) is 5.92 Å². The van der Waals surface area contributed by atoms with Gasteiger partial charge in [0.1, 0.15) is 0 Å². The summed E-state index contributed by atoms with van der Waals surface area (Å²) in [5, 5.41) is 0. The summed E-state index contributed by atoms with van der Waals surface area (Å²) in [5.74, 6) is 0.702. The van der Waals surface area contributed by atoms with Crippen molar-refractivity contribution in [3.05, 3.63) is 33.4 Å². The molecule has 1 aliphatic rings. The van der Waals surface area contributed by atoms with Gasteiger partial charge < -0.3 is 10.3 Å². The Morgan fingerprint density at radius 1 is 1.33 bits per heavy atom. The summed E-state index contributed by atoms with van der Waals surface area (Å²) in [6.45, 7) is 4.05. The molecule has 0 aliphatic carbocycles. The van der Waals surface area contributed by atoms with Gasteiger partial charge >= 0.3 is 4.87 Å². The quantitative estimate of drug-likeness (QED) is 0.940. The number of nitrogens with zero attached hydrogens (tertiary/aromatic N) is 2. The van der Waals surface area contributed by atoms with Crippen LogP contribution in [0, 0.1) is 5.92 Å². The van der Waals surface area contributed by atoms with Gasteiger partial charge in [0.25, 0.3) is 0 Å². The van der Waals surface area contributed by atoms with Crippen molar-refractivity contribution in [2.24, 2.45) is 18.7 Å². The molecular weight excluding hydrogens is 306 g/mol. The summed E-state index contributed by atoms with van der Waals surface area (Å²) in [7, 11) is 1.83. The largest absolute Gasteiger partial charge is 0.330 e. The summed E-state index contributed by atoms with van der Waals surface area (Å²) >= 11 is 1.33. The number of hydrogen-bond donors (Lipinski definition) is 1. The van der Waals surface area contributed by atoms with Crippen molar-refractivity contribution in [3.63, 3.8) is 0 Å². The average molecular weight is 328 g/mol. The number of rotatable bonds is 3. The van der Waals surface area contributed by atoms with E-state index in [1.807, 2.05) is 7.05 Å². The van der Waals surface area contributed by atoms with E-state index < -0.39 is 0 Å². The Hall–Kier alpha value is -0.880. The minimum absolute atomic E-state index is 0. The maximum Gasteiger partial charge on any atom is 0.307 e. The summed E-state index contributed by atoms with van der Waals surface area (Å²) in [6.07, 6.45) is 2.41. The van der Waals surface area contributed by atoms with Crippen LogP contribution in [0.2, 0.25) is 0 Å². The number of likely N-dealkylation sites (tertiary alicyclic amines) is 1. The summed E-state index contributed by atoms with van der Waals surface area (Å²) < 4.78 is 2.81. The molecular formula is C15H22ClN3OS. The Morgan fingerprint density at radius 3 is 2.71 bits per heavy atom. The highest BCUT2D eigenvalue weighted by atomic mass is 35.5. The van der Waals surface area contributed by atoms with Gasteiger partial charge in [-0.25, -0.2) is 0 Å². The Kier molecular flexibility index (Phi) is 5.43. The monoisotopic (exact) mass is 327 g/mol. The summed E-state index contributed by atoms with van der Waals surface area (Å²) in [4.78, 5) is 14.3. The second-order valence-electron chi connectivity index (χ2n) is 5.68. The Morgan fingerprint density at radius 2 is 2.05 bits per heavy atom. The van der Waals surface area contributed by atoms with Crippen LogP contribution < -0.4 is 10.6 Å². The van der Waals surface area contributed by atoms with E-state index in [1.165, 1.54) is 29.7 Å². The minimum Gasteiger partial charge on any atom is -0.330 e. The van der Waals surface area contributed by atoms with Crippen molar-refractivity contribution >= 4 is 34.0 Å². The number of nitrogens with two attached hydrogens (primary N) is 1. The standard InChI is InChI=1S/C15H21N3OS.ClH/c1-17-13-3-2-12(8-14(13)20-15(17)19)10-18-6-4-11(9-16)5-7-18;/h2-3,8,11H,4-7,9-10,16H2,1H3;1H. The molecule has 6 heteroatoms. The van der Waals surface area contributed by atoms with Gasteiger partial charge in [-0.15, -0.1) is 12.4 Å². The van der Waals surface area contributed by atoms with Gasteiger partial charge in [0.05, 0.1) is 10.2 Å². The molecule has 2 N–H and O–H groups in total. The van der Waals surface area contributed by atoms with Crippen LogP contribution in [0.25, 0.3) is 10.2 Å². The molecule has 4 nitrogen and oxygen atoms in total. The lowest BCUT2D eigenvalue weighted by molar-refractivity contribution is 0.180. The van der Waals surface area contributed by atoms with E-state index >= 15 is 0 Å². The van der Waals surface area contributed by atoms with E-state index in [4.69, 9.17) is 5.73 Å². The van der Waals surface area contributed by atoms with Crippen LogP contribution in [0.3, 0.4) is 0 Å². The lowest BCUT2D eigenvalue weighted by atomic mass is 9.97. The molecule has 0 saturated carbocycles. The van der Waals surface area contributed by atoms with Crippen LogP contribution in [0.1, 0.15) is 18.4 Å². The number of aromatic nitrogens is 1. The maximum atomic E-state index is 11.7. The number of piperidine rings is 1. The van der Waals surface area contributed by atoms with Gasteiger partial charge in [-0.3, -0.25) is 9.69 Å². The van der Waals surface area contributed by atoms with Gasteiger partial charge in [0.2, 0.25) is 0 Å². The third kappa shape index (κ3) is 3.48. The normalized spacial score (nSPS) is 17.0. The van der Waals surface area contributed by atoms with Crippen molar-refractivity contribution in [1.29, 1.82) is 0 Å². The number of hydrogen-bond acceptors (Lipinski definition) is 4. The second-order valence-corrected chi connectivity index (χ2v) is 6.68. The SMILES string of the molecule is Cl.Cn1c(=O)sc2cc(CN3CCC(CN)CC3)ccc21. The van der Waals surface area contributed by atoms with Gasteiger partial charge in [0, 0.05) is 13.6 Å². The number of thiazole rings is 1. The molecule has 1 aliphatic heterocycles. The van der Waals surface area contributed by atoms with Crippen molar-refractivity contribution in [3.8, 4) is 0 Å². The number of fused-ring (bicyclic) bond motifs is 1. The van der Waals surface area contributed by atoms with Gasteiger partial charge in [-0.2, -0.15) is 0 Å². The molecule has 116 valence electrons. The van der Waals surface area contributed by atoms with Crippen LogP contribution in [-0.2, 0) is 13.6 Å². The second kappa shape index (κ2) is 6.92. The lowest BCUT2D eigenvalue weighted by Crippen LogP contribution is -2.35. The summed E-state index contributed by atoms with van der Waals surface area (Å²) in [6, 6.07) is 6.37. The Bertz CT molecular complexity index is 658. The topological polar surface area (TPSA) is 51.3 Å².